The van der Waals surface area contributed by atoms with Gasteiger partial charge in [-0.25, -0.2) is 4.39 Å². The molecule has 14 heavy (non-hydrogen) atoms. The van der Waals surface area contributed by atoms with Crippen LogP contribution in [0, 0.1) is 18.2 Å². The van der Waals surface area contributed by atoms with Gasteiger partial charge in [0.05, 0.1) is 12.9 Å². The average molecular weight is 196 g/mol. The third-order valence-electron chi connectivity index (χ3n) is 1.89. The first-order valence-corrected chi connectivity index (χ1v) is 4.20. The first-order valence-electron chi connectivity index (χ1n) is 4.20. The van der Waals surface area contributed by atoms with Crippen molar-refractivity contribution in [2.24, 2.45) is 5.73 Å². The Hall–Kier alpha value is -1.58. The first kappa shape index (κ1) is 10.5. The van der Waals surface area contributed by atoms with Gasteiger partial charge in [-0.05, 0) is 24.6 Å². The number of hydrogen-bond acceptors (Lipinski definition) is 2. The van der Waals surface area contributed by atoms with E-state index in [1.807, 2.05) is 0 Å². The quantitative estimate of drug-likeness (QED) is 0.570. The van der Waals surface area contributed by atoms with Crippen LogP contribution in [0.15, 0.2) is 12.1 Å². The van der Waals surface area contributed by atoms with Gasteiger partial charge in [0.15, 0.2) is 0 Å². The molecule has 4 heteroatoms. The van der Waals surface area contributed by atoms with E-state index < -0.39 is 0 Å². The van der Waals surface area contributed by atoms with Crippen molar-refractivity contribution in [2.45, 2.75) is 13.3 Å². The van der Waals surface area contributed by atoms with E-state index in [0.29, 0.717) is 11.3 Å². The van der Waals surface area contributed by atoms with Gasteiger partial charge in [-0.2, -0.15) is 0 Å². The third kappa shape index (κ3) is 2.22. The first-order chi connectivity index (χ1) is 6.54. The lowest BCUT2D eigenvalue weighted by molar-refractivity contribution is 0.406. The van der Waals surface area contributed by atoms with Gasteiger partial charge >= 0.3 is 0 Å². The summed E-state index contributed by atoms with van der Waals surface area (Å²) >= 11 is 0. The van der Waals surface area contributed by atoms with E-state index >= 15 is 0 Å². The number of rotatable bonds is 3. The molecule has 76 valence electrons. The zero-order valence-corrected chi connectivity index (χ0v) is 8.23. The number of hydrogen-bond donors (Lipinski definition) is 2. The summed E-state index contributed by atoms with van der Waals surface area (Å²) in [6.07, 6.45) is 0.0787. The molecule has 0 radical (unpaired) electrons. The summed E-state index contributed by atoms with van der Waals surface area (Å²) in [6.45, 7) is 1.78. The number of halogens is 1. The molecular formula is C10H13FN2O. The van der Waals surface area contributed by atoms with Gasteiger partial charge in [0.25, 0.3) is 0 Å². The molecule has 0 aromatic heterocycles. The Morgan fingerprint density at radius 3 is 2.71 bits per heavy atom. The molecule has 1 rings (SSSR count). The monoisotopic (exact) mass is 196 g/mol. The highest BCUT2D eigenvalue weighted by atomic mass is 19.1. The van der Waals surface area contributed by atoms with E-state index in [9.17, 15) is 4.39 Å². The summed E-state index contributed by atoms with van der Waals surface area (Å²) in [6, 6.07) is 3.13. The molecule has 1 aromatic carbocycles. The smallest absolute Gasteiger partial charge is 0.130 e. The molecule has 0 spiro atoms. The second-order valence-corrected chi connectivity index (χ2v) is 3.13. The lowest BCUT2D eigenvalue weighted by atomic mass is 10.1. The second-order valence-electron chi connectivity index (χ2n) is 3.13. The molecule has 3 nitrogen and oxygen atoms in total. The summed E-state index contributed by atoms with van der Waals surface area (Å²) < 4.78 is 18.4. The predicted octanol–water partition coefficient (Wildman–Crippen LogP) is 1.62. The molecule has 0 amide bonds. The van der Waals surface area contributed by atoms with Gasteiger partial charge in [0.2, 0.25) is 0 Å². The standard InChI is InChI=1S/C10H13FN2O/c1-6-3-8(11)7(5-10(12)13)9(4-6)14-2/h3-4H,5H2,1-2H3,(H3,12,13). The zero-order chi connectivity index (χ0) is 10.7. The zero-order valence-electron chi connectivity index (χ0n) is 8.23. The Balaban J connectivity index is 3.18. The molecule has 0 aliphatic carbocycles. The van der Waals surface area contributed by atoms with Gasteiger partial charge in [0.1, 0.15) is 11.6 Å². The van der Waals surface area contributed by atoms with Crippen LogP contribution >= 0.6 is 0 Å². The van der Waals surface area contributed by atoms with E-state index in [1.165, 1.54) is 13.2 Å². The number of nitrogens with two attached hydrogens (primary N) is 1. The minimum Gasteiger partial charge on any atom is -0.496 e. The Morgan fingerprint density at radius 1 is 1.57 bits per heavy atom. The molecule has 3 N–H and O–H groups in total. The van der Waals surface area contributed by atoms with Gasteiger partial charge in [0, 0.05) is 12.0 Å². The van der Waals surface area contributed by atoms with Crippen LogP contribution in [0.5, 0.6) is 5.75 Å². The number of benzene rings is 1. The van der Waals surface area contributed by atoms with E-state index in [4.69, 9.17) is 15.9 Å². The van der Waals surface area contributed by atoms with E-state index in [1.54, 1.807) is 13.0 Å². The van der Waals surface area contributed by atoms with E-state index in [0.717, 1.165) is 5.56 Å². The highest BCUT2D eigenvalue weighted by molar-refractivity contribution is 5.80. The van der Waals surface area contributed by atoms with Gasteiger partial charge in [-0.1, -0.05) is 0 Å². The van der Waals surface area contributed by atoms with E-state index in [-0.39, 0.29) is 18.1 Å². The summed E-state index contributed by atoms with van der Waals surface area (Å²) in [4.78, 5) is 0. The van der Waals surface area contributed by atoms with Crippen LogP contribution < -0.4 is 10.5 Å². The molecule has 0 saturated carbocycles. The fraction of sp³-hybridized carbons (Fsp3) is 0.300. The Bertz CT molecular complexity index is 363. The van der Waals surface area contributed by atoms with Crippen LogP contribution in [-0.2, 0) is 6.42 Å². The Kier molecular flexibility index (Phi) is 3.06. The maximum atomic E-state index is 13.4. The topological polar surface area (TPSA) is 59.1 Å². The summed E-state index contributed by atoms with van der Waals surface area (Å²) in [5, 5.41) is 7.11. The highest BCUT2D eigenvalue weighted by Crippen LogP contribution is 2.23. The third-order valence-corrected chi connectivity index (χ3v) is 1.89. The number of nitrogens with one attached hydrogen (secondary N) is 1. The fourth-order valence-corrected chi connectivity index (χ4v) is 1.28. The molecule has 0 bridgehead atoms. The normalized spacial score (nSPS) is 9.93. The number of ether oxygens (including phenoxy) is 1. The molecule has 0 unspecified atom stereocenters. The van der Waals surface area contributed by atoms with Crippen molar-refractivity contribution in [2.75, 3.05) is 7.11 Å². The van der Waals surface area contributed by atoms with Crippen molar-refractivity contribution in [3.05, 3.63) is 29.1 Å². The average Bonchev–Trinajstić information content (AvgIpc) is 2.08. The molecule has 0 aliphatic rings. The molecule has 0 aliphatic heterocycles. The molecule has 0 saturated heterocycles. The van der Waals surface area contributed by atoms with Gasteiger partial charge < -0.3 is 10.5 Å². The van der Waals surface area contributed by atoms with Crippen molar-refractivity contribution in [1.29, 1.82) is 5.41 Å². The maximum absolute atomic E-state index is 13.4. The highest BCUT2D eigenvalue weighted by Gasteiger charge is 2.11. The number of aryl methyl sites for hydroxylation is 1. The SMILES string of the molecule is COc1cc(C)cc(F)c1CC(=N)N. The van der Waals surface area contributed by atoms with Crippen LogP contribution in [0.1, 0.15) is 11.1 Å². The van der Waals surface area contributed by atoms with Crippen LogP contribution in [0.3, 0.4) is 0 Å². The predicted molar refractivity (Wildman–Crippen MR) is 53.3 cm³/mol. The lowest BCUT2D eigenvalue weighted by Crippen LogP contribution is -2.14. The van der Waals surface area contributed by atoms with Crippen molar-refractivity contribution in [3.63, 3.8) is 0 Å². The largest absolute Gasteiger partial charge is 0.496 e. The molecule has 0 atom stereocenters. The number of amidine groups is 1. The molecule has 1 aromatic rings. The summed E-state index contributed by atoms with van der Waals surface area (Å²) in [5.74, 6) is -0.0131. The maximum Gasteiger partial charge on any atom is 0.130 e. The van der Waals surface area contributed by atoms with Crippen molar-refractivity contribution >= 4 is 5.84 Å². The molecule has 0 heterocycles. The van der Waals surface area contributed by atoms with Crippen LogP contribution in [0.25, 0.3) is 0 Å². The fourth-order valence-electron chi connectivity index (χ4n) is 1.28. The Labute approximate surface area is 82.2 Å². The lowest BCUT2D eigenvalue weighted by Gasteiger charge is -2.09. The van der Waals surface area contributed by atoms with Crippen molar-refractivity contribution in [1.82, 2.24) is 0 Å². The Morgan fingerprint density at radius 2 is 2.21 bits per heavy atom. The van der Waals surface area contributed by atoms with Crippen molar-refractivity contribution in [3.8, 4) is 5.75 Å². The summed E-state index contributed by atoms with van der Waals surface area (Å²) in [7, 11) is 1.47. The molecular weight excluding hydrogens is 183 g/mol. The van der Waals surface area contributed by atoms with Crippen molar-refractivity contribution < 1.29 is 9.13 Å². The van der Waals surface area contributed by atoms with Gasteiger partial charge in [-0.3, -0.25) is 5.41 Å². The van der Waals surface area contributed by atoms with Crippen LogP contribution in [-0.4, -0.2) is 12.9 Å². The molecule has 0 fully saturated rings. The van der Waals surface area contributed by atoms with E-state index in [2.05, 4.69) is 0 Å². The van der Waals surface area contributed by atoms with Gasteiger partial charge in [-0.15, -0.1) is 0 Å². The second kappa shape index (κ2) is 4.09. The number of methoxy groups -OCH3 is 1. The minimum atomic E-state index is -0.378. The van der Waals surface area contributed by atoms with Crippen LogP contribution in [0.4, 0.5) is 4.39 Å². The van der Waals surface area contributed by atoms with Crippen LogP contribution in [0.2, 0.25) is 0 Å². The minimum absolute atomic E-state index is 0.0777. The summed E-state index contributed by atoms with van der Waals surface area (Å²) in [5.41, 5.74) is 6.34.